The van der Waals surface area contributed by atoms with Gasteiger partial charge in [0.25, 0.3) is 5.69 Å². The Kier molecular flexibility index (Phi) is 7.12. The van der Waals surface area contributed by atoms with Crippen LogP contribution in [0.25, 0.3) is 10.8 Å². The molecule has 0 atom stereocenters. The highest BCUT2D eigenvalue weighted by atomic mass is 35.5. The minimum atomic E-state index is -0.418. The molecule has 4 rings (SSSR count). The van der Waals surface area contributed by atoms with E-state index in [0.29, 0.717) is 66.6 Å². The van der Waals surface area contributed by atoms with Gasteiger partial charge in [0.1, 0.15) is 5.75 Å². The molecule has 0 N–H and O–H groups in total. The molecule has 3 aromatic rings. The van der Waals surface area contributed by atoms with Crippen molar-refractivity contribution in [3.63, 3.8) is 0 Å². The lowest BCUT2D eigenvalue weighted by Crippen LogP contribution is -2.37. The monoisotopic (exact) mass is 484 g/mol. The fourth-order valence-corrected chi connectivity index (χ4v) is 4.54. The van der Waals surface area contributed by atoms with Crippen molar-refractivity contribution >= 4 is 39.8 Å². The van der Waals surface area contributed by atoms with Crippen LogP contribution in [0.4, 0.5) is 11.5 Å². The topological polar surface area (TPSA) is 108 Å². The van der Waals surface area contributed by atoms with Crippen LogP contribution < -0.4 is 9.64 Å². The van der Waals surface area contributed by atoms with Crippen LogP contribution in [0.1, 0.15) is 31.0 Å². The number of hydrogen-bond acceptors (Lipinski definition) is 8. The van der Waals surface area contributed by atoms with Crippen molar-refractivity contribution in [1.82, 2.24) is 10.2 Å². The first-order valence-corrected chi connectivity index (χ1v) is 11.5. The summed E-state index contributed by atoms with van der Waals surface area (Å²) in [6, 6.07) is 10.2. The molecule has 34 heavy (non-hydrogen) atoms. The molecule has 0 spiro atoms. The number of fused-ring (bicyclic) bond motifs is 1. The van der Waals surface area contributed by atoms with Crippen LogP contribution in [0.3, 0.4) is 0 Å². The summed E-state index contributed by atoms with van der Waals surface area (Å²) in [6.45, 7) is 3.42. The summed E-state index contributed by atoms with van der Waals surface area (Å²) in [7, 11) is 1.55. The van der Waals surface area contributed by atoms with E-state index >= 15 is 0 Å². The van der Waals surface area contributed by atoms with Crippen molar-refractivity contribution in [2.75, 3.05) is 31.7 Å². The fourth-order valence-electron chi connectivity index (χ4n) is 4.26. The third-order valence-electron chi connectivity index (χ3n) is 6.03. The molecule has 1 aliphatic heterocycles. The number of carbonyl (C=O) groups is 1. The number of piperidine rings is 1. The largest absolute Gasteiger partial charge is 0.495 e. The lowest BCUT2D eigenvalue weighted by molar-refractivity contribution is -0.384. The van der Waals surface area contributed by atoms with Crippen LogP contribution >= 0.6 is 11.6 Å². The lowest BCUT2D eigenvalue weighted by Gasteiger charge is -2.32. The first-order valence-electron chi connectivity index (χ1n) is 11.1. The molecule has 0 amide bonds. The number of ether oxygens (including phenoxy) is 2. The third-order valence-corrected chi connectivity index (χ3v) is 6.33. The van der Waals surface area contributed by atoms with Gasteiger partial charge < -0.3 is 14.4 Å². The Morgan fingerprint density at radius 2 is 1.94 bits per heavy atom. The zero-order valence-electron chi connectivity index (χ0n) is 19.0. The number of nitro groups is 1. The molecule has 0 radical (unpaired) electrons. The Labute approximate surface area is 201 Å². The summed E-state index contributed by atoms with van der Waals surface area (Å²) in [5.74, 6) is 0.931. The molecule has 1 saturated heterocycles. The van der Waals surface area contributed by atoms with Crippen LogP contribution in [-0.4, -0.2) is 47.9 Å². The van der Waals surface area contributed by atoms with Gasteiger partial charge in [0, 0.05) is 42.4 Å². The second-order valence-corrected chi connectivity index (χ2v) is 8.52. The maximum atomic E-state index is 12.1. The van der Waals surface area contributed by atoms with Crippen LogP contribution in [-0.2, 0) is 16.0 Å². The number of esters is 1. The number of rotatable bonds is 7. The van der Waals surface area contributed by atoms with Crippen molar-refractivity contribution in [2.45, 2.75) is 26.2 Å². The molecule has 9 nitrogen and oxygen atoms in total. The molecule has 2 aromatic carbocycles. The third kappa shape index (κ3) is 4.89. The van der Waals surface area contributed by atoms with Gasteiger partial charge in [-0.1, -0.05) is 17.7 Å². The highest BCUT2D eigenvalue weighted by molar-refractivity contribution is 6.32. The minimum absolute atomic E-state index is 0.0125. The minimum Gasteiger partial charge on any atom is -0.495 e. The van der Waals surface area contributed by atoms with Gasteiger partial charge in [0.05, 0.1) is 35.3 Å². The number of benzene rings is 2. The number of hydrogen-bond donors (Lipinski definition) is 0. The van der Waals surface area contributed by atoms with Gasteiger partial charge in [-0.25, -0.2) is 0 Å². The Bertz CT molecular complexity index is 1230. The summed E-state index contributed by atoms with van der Waals surface area (Å²) in [5, 5.41) is 22.3. The molecule has 0 bridgehead atoms. The van der Waals surface area contributed by atoms with E-state index in [9.17, 15) is 14.9 Å². The van der Waals surface area contributed by atoms with Gasteiger partial charge in [-0.15, -0.1) is 5.10 Å². The maximum Gasteiger partial charge on any atom is 0.309 e. The Balaban J connectivity index is 1.67. The van der Waals surface area contributed by atoms with Crippen LogP contribution in [0, 0.1) is 16.0 Å². The summed E-state index contributed by atoms with van der Waals surface area (Å²) < 4.78 is 10.4. The van der Waals surface area contributed by atoms with Crippen LogP contribution in [0.2, 0.25) is 5.02 Å². The van der Waals surface area contributed by atoms with E-state index in [4.69, 9.17) is 21.1 Å². The van der Waals surface area contributed by atoms with E-state index in [1.54, 1.807) is 38.3 Å². The molecule has 10 heteroatoms. The fraction of sp³-hybridized carbons (Fsp3) is 0.375. The highest BCUT2D eigenvalue weighted by Gasteiger charge is 2.28. The van der Waals surface area contributed by atoms with Crippen molar-refractivity contribution in [3.8, 4) is 5.75 Å². The summed E-state index contributed by atoms with van der Waals surface area (Å²) >= 11 is 6.27. The Morgan fingerprint density at radius 1 is 1.18 bits per heavy atom. The van der Waals surface area contributed by atoms with Crippen LogP contribution in [0.15, 0.2) is 36.4 Å². The van der Waals surface area contributed by atoms with E-state index in [1.807, 2.05) is 6.07 Å². The average molecular weight is 485 g/mol. The van der Waals surface area contributed by atoms with Gasteiger partial charge >= 0.3 is 5.97 Å². The normalized spacial score (nSPS) is 14.3. The number of methoxy groups -OCH3 is 1. The van der Waals surface area contributed by atoms with Gasteiger partial charge in [0.2, 0.25) is 0 Å². The second kappa shape index (κ2) is 10.2. The van der Waals surface area contributed by atoms with Gasteiger partial charge in [-0.2, -0.15) is 5.10 Å². The number of nitro benzene ring substituents is 1. The Morgan fingerprint density at radius 3 is 2.59 bits per heavy atom. The first-order chi connectivity index (χ1) is 16.4. The molecule has 1 aromatic heterocycles. The number of nitrogens with zero attached hydrogens (tertiary/aromatic N) is 4. The van der Waals surface area contributed by atoms with Gasteiger partial charge in [-0.3, -0.25) is 14.9 Å². The van der Waals surface area contributed by atoms with Gasteiger partial charge in [0.15, 0.2) is 5.82 Å². The van der Waals surface area contributed by atoms with Gasteiger partial charge in [-0.05, 0) is 43.5 Å². The summed E-state index contributed by atoms with van der Waals surface area (Å²) in [5.41, 5.74) is 1.49. The zero-order valence-corrected chi connectivity index (χ0v) is 19.7. The lowest BCUT2D eigenvalue weighted by atomic mass is 9.96. The average Bonchev–Trinajstić information content (AvgIpc) is 2.84. The predicted octanol–water partition coefficient (Wildman–Crippen LogP) is 4.57. The molecule has 178 valence electrons. The smallest absolute Gasteiger partial charge is 0.309 e. The SMILES string of the molecule is CCOC(=O)C1CCN(c2nnc(Cc3ccc(OC)c(Cl)c3)c3cc([N+](=O)[O-])ccc23)CC1. The van der Waals surface area contributed by atoms with E-state index in [1.165, 1.54) is 6.07 Å². The number of anilines is 1. The molecule has 0 aliphatic carbocycles. The van der Waals surface area contributed by atoms with E-state index < -0.39 is 4.92 Å². The molecule has 0 saturated carbocycles. The summed E-state index contributed by atoms with van der Waals surface area (Å²) in [6.07, 6.45) is 1.71. The quantitative estimate of drug-likeness (QED) is 0.272. The number of non-ortho nitro benzene ring substituents is 1. The van der Waals surface area contributed by atoms with E-state index in [2.05, 4.69) is 15.1 Å². The van der Waals surface area contributed by atoms with E-state index in [-0.39, 0.29) is 17.6 Å². The number of carbonyl (C=O) groups excluding carboxylic acids is 1. The number of aromatic nitrogens is 2. The molecule has 1 aliphatic rings. The van der Waals surface area contributed by atoms with E-state index in [0.717, 1.165) is 10.9 Å². The maximum absolute atomic E-state index is 12.1. The van der Waals surface area contributed by atoms with Crippen molar-refractivity contribution < 1.29 is 19.2 Å². The molecule has 1 fully saturated rings. The zero-order chi connectivity index (χ0) is 24.2. The van der Waals surface area contributed by atoms with Crippen molar-refractivity contribution in [1.29, 1.82) is 0 Å². The molecule has 2 heterocycles. The molecule has 0 unspecified atom stereocenters. The predicted molar refractivity (Wildman–Crippen MR) is 129 cm³/mol. The second-order valence-electron chi connectivity index (χ2n) is 8.12. The molecular formula is C24H25ClN4O5. The Hall–Kier alpha value is -3.46. The van der Waals surface area contributed by atoms with Crippen molar-refractivity contribution in [2.24, 2.45) is 5.92 Å². The summed E-state index contributed by atoms with van der Waals surface area (Å²) in [4.78, 5) is 25.2. The highest BCUT2D eigenvalue weighted by Crippen LogP contribution is 2.33. The first kappa shape index (κ1) is 23.7. The van der Waals surface area contributed by atoms with Crippen molar-refractivity contribution in [3.05, 3.63) is 62.8 Å². The molecular weight excluding hydrogens is 460 g/mol. The van der Waals surface area contributed by atoms with Crippen LogP contribution in [0.5, 0.6) is 5.75 Å². The number of halogens is 1. The standard InChI is InChI=1S/C24H25ClN4O5/c1-3-34-24(30)16-8-10-28(11-9-16)23-18-6-5-17(29(31)32)14-19(18)21(26-27-23)13-15-4-7-22(33-2)20(25)12-15/h4-7,12,14,16H,3,8-11,13H2,1-2H3.